The lowest BCUT2D eigenvalue weighted by Crippen LogP contribution is -2.13. The smallest absolute Gasteiger partial charge is 0.160 e. The van der Waals surface area contributed by atoms with Crippen LogP contribution < -0.4 is 5.32 Å². The van der Waals surface area contributed by atoms with E-state index in [0.717, 1.165) is 34.6 Å². The van der Waals surface area contributed by atoms with Crippen molar-refractivity contribution in [3.8, 4) is 11.4 Å². The number of rotatable bonds is 4. The Morgan fingerprint density at radius 1 is 1.28 bits per heavy atom. The van der Waals surface area contributed by atoms with Gasteiger partial charge in [-0.15, -0.1) is 0 Å². The second-order valence-corrected chi connectivity index (χ2v) is 4.99. The Kier molecular flexibility index (Phi) is 4.44. The average Bonchev–Trinajstić information content (AvgIpc) is 2.36. The van der Waals surface area contributed by atoms with E-state index in [9.17, 15) is 0 Å². The van der Waals surface area contributed by atoms with Crippen LogP contribution in [0.25, 0.3) is 11.4 Å². The molecule has 0 spiro atoms. The SMILES string of the molecule is CCNCc1ccnc(-c2ccc(C)cc2Br)n1. The molecular formula is C14H16BrN3. The summed E-state index contributed by atoms with van der Waals surface area (Å²) in [6.07, 6.45) is 1.81. The van der Waals surface area contributed by atoms with Crippen molar-refractivity contribution in [3.63, 3.8) is 0 Å². The first-order chi connectivity index (χ1) is 8.70. The number of aromatic nitrogens is 2. The van der Waals surface area contributed by atoms with Crippen LogP contribution in [0.3, 0.4) is 0 Å². The third kappa shape index (κ3) is 3.15. The van der Waals surface area contributed by atoms with Crippen LogP contribution >= 0.6 is 15.9 Å². The molecule has 0 aliphatic carbocycles. The molecule has 1 heterocycles. The molecule has 1 aromatic heterocycles. The highest BCUT2D eigenvalue weighted by molar-refractivity contribution is 9.10. The molecule has 4 heteroatoms. The topological polar surface area (TPSA) is 37.8 Å². The van der Waals surface area contributed by atoms with Gasteiger partial charge < -0.3 is 5.32 Å². The minimum atomic E-state index is 0.761. The number of hydrogen-bond donors (Lipinski definition) is 1. The molecule has 94 valence electrons. The van der Waals surface area contributed by atoms with Gasteiger partial charge >= 0.3 is 0 Å². The largest absolute Gasteiger partial charge is 0.311 e. The monoisotopic (exact) mass is 305 g/mol. The van der Waals surface area contributed by atoms with E-state index in [2.05, 4.69) is 57.2 Å². The predicted molar refractivity (Wildman–Crippen MR) is 77.3 cm³/mol. The van der Waals surface area contributed by atoms with E-state index < -0.39 is 0 Å². The van der Waals surface area contributed by atoms with Crippen molar-refractivity contribution in [2.24, 2.45) is 0 Å². The van der Waals surface area contributed by atoms with Gasteiger partial charge in [-0.25, -0.2) is 9.97 Å². The Labute approximate surface area is 116 Å². The van der Waals surface area contributed by atoms with Crippen molar-refractivity contribution in [1.29, 1.82) is 0 Å². The normalized spacial score (nSPS) is 10.6. The predicted octanol–water partition coefficient (Wildman–Crippen LogP) is 3.32. The minimum absolute atomic E-state index is 0.761. The molecule has 2 aromatic rings. The van der Waals surface area contributed by atoms with Gasteiger partial charge in [0.2, 0.25) is 0 Å². The summed E-state index contributed by atoms with van der Waals surface area (Å²) in [7, 11) is 0. The average molecular weight is 306 g/mol. The molecule has 0 saturated carbocycles. The molecule has 18 heavy (non-hydrogen) atoms. The van der Waals surface area contributed by atoms with Crippen LogP contribution in [0, 0.1) is 6.92 Å². The van der Waals surface area contributed by atoms with Gasteiger partial charge in [0.1, 0.15) is 0 Å². The van der Waals surface area contributed by atoms with Crippen LogP contribution in [-0.2, 0) is 6.54 Å². The van der Waals surface area contributed by atoms with Gasteiger partial charge in [-0.1, -0.05) is 28.9 Å². The number of nitrogens with one attached hydrogen (secondary N) is 1. The van der Waals surface area contributed by atoms with Crippen LogP contribution in [0.1, 0.15) is 18.2 Å². The van der Waals surface area contributed by atoms with Crippen molar-refractivity contribution in [3.05, 3.63) is 46.2 Å². The van der Waals surface area contributed by atoms with E-state index in [4.69, 9.17) is 0 Å². The molecular weight excluding hydrogens is 290 g/mol. The van der Waals surface area contributed by atoms with Crippen LogP contribution in [0.4, 0.5) is 0 Å². The molecule has 2 rings (SSSR count). The molecule has 0 bridgehead atoms. The van der Waals surface area contributed by atoms with Crippen molar-refractivity contribution in [2.45, 2.75) is 20.4 Å². The molecule has 1 N–H and O–H groups in total. The maximum absolute atomic E-state index is 4.57. The number of hydrogen-bond acceptors (Lipinski definition) is 3. The molecule has 0 aliphatic rings. The van der Waals surface area contributed by atoms with Crippen LogP contribution in [0.15, 0.2) is 34.9 Å². The summed E-state index contributed by atoms with van der Waals surface area (Å²) in [5, 5.41) is 3.26. The van der Waals surface area contributed by atoms with Gasteiger partial charge in [0.15, 0.2) is 5.82 Å². The summed E-state index contributed by atoms with van der Waals surface area (Å²) in [5.41, 5.74) is 3.25. The molecule has 0 saturated heterocycles. The Morgan fingerprint density at radius 3 is 2.83 bits per heavy atom. The summed E-state index contributed by atoms with van der Waals surface area (Å²) in [6, 6.07) is 8.14. The third-order valence-electron chi connectivity index (χ3n) is 2.63. The van der Waals surface area contributed by atoms with Crippen LogP contribution in [-0.4, -0.2) is 16.5 Å². The highest BCUT2D eigenvalue weighted by Crippen LogP contribution is 2.26. The van der Waals surface area contributed by atoms with Gasteiger partial charge in [-0.2, -0.15) is 0 Å². The summed E-state index contributed by atoms with van der Waals surface area (Å²) in [5.74, 6) is 0.761. The Hall–Kier alpha value is -1.26. The lowest BCUT2D eigenvalue weighted by molar-refractivity contribution is 0.709. The lowest BCUT2D eigenvalue weighted by atomic mass is 10.1. The van der Waals surface area contributed by atoms with Gasteiger partial charge in [-0.05, 0) is 37.2 Å². The third-order valence-corrected chi connectivity index (χ3v) is 3.29. The zero-order valence-corrected chi connectivity index (χ0v) is 12.2. The van der Waals surface area contributed by atoms with E-state index in [-0.39, 0.29) is 0 Å². The maximum Gasteiger partial charge on any atom is 0.160 e. The lowest BCUT2D eigenvalue weighted by Gasteiger charge is -2.06. The number of halogens is 1. The fourth-order valence-electron chi connectivity index (χ4n) is 1.68. The van der Waals surface area contributed by atoms with Gasteiger partial charge in [0, 0.05) is 22.8 Å². The summed E-state index contributed by atoms with van der Waals surface area (Å²) in [6.45, 7) is 5.86. The number of aryl methyl sites for hydroxylation is 1. The van der Waals surface area contributed by atoms with Gasteiger partial charge in [0.25, 0.3) is 0 Å². The molecule has 0 aliphatic heterocycles. The van der Waals surface area contributed by atoms with Gasteiger partial charge in [-0.3, -0.25) is 0 Å². The van der Waals surface area contributed by atoms with Crippen LogP contribution in [0.2, 0.25) is 0 Å². The van der Waals surface area contributed by atoms with Gasteiger partial charge in [0.05, 0.1) is 5.69 Å². The maximum atomic E-state index is 4.57. The second kappa shape index (κ2) is 6.07. The van der Waals surface area contributed by atoms with E-state index in [1.54, 1.807) is 6.20 Å². The van der Waals surface area contributed by atoms with Crippen molar-refractivity contribution >= 4 is 15.9 Å². The molecule has 0 radical (unpaired) electrons. The fraction of sp³-hybridized carbons (Fsp3) is 0.286. The zero-order chi connectivity index (χ0) is 13.0. The molecule has 0 unspecified atom stereocenters. The summed E-state index contributed by atoms with van der Waals surface area (Å²) < 4.78 is 1.03. The quantitative estimate of drug-likeness (QED) is 0.941. The Balaban J connectivity index is 2.32. The van der Waals surface area contributed by atoms with Crippen molar-refractivity contribution in [2.75, 3.05) is 6.54 Å². The Bertz CT molecular complexity index is 540. The zero-order valence-electron chi connectivity index (χ0n) is 10.6. The highest BCUT2D eigenvalue weighted by Gasteiger charge is 2.06. The second-order valence-electron chi connectivity index (χ2n) is 4.14. The number of benzene rings is 1. The first kappa shape index (κ1) is 13.2. The molecule has 3 nitrogen and oxygen atoms in total. The molecule has 0 fully saturated rings. The van der Waals surface area contributed by atoms with E-state index in [0.29, 0.717) is 0 Å². The number of nitrogens with zero attached hydrogens (tertiary/aromatic N) is 2. The molecule has 0 atom stereocenters. The Morgan fingerprint density at radius 2 is 2.11 bits per heavy atom. The molecule has 0 amide bonds. The van der Waals surface area contributed by atoms with Crippen molar-refractivity contribution in [1.82, 2.24) is 15.3 Å². The summed E-state index contributed by atoms with van der Waals surface area (Å²) in [4.78, 5) is 8.91. The van der Waals surface area contributed by atoms with E-state index in [1.165, 1.54) is 5.56 Å². The molecule has 1 aromatic carbocycles. The summed E-state index contributed by atoms with van der Waals surface area (Å²) >= 11 is 3.57. The van der Waals surface area contributed by atoms with E-state index >= 15 is 0 Å². The highest BCUT2D eigenvalue weighted by atomic mass is 79.9. The standard InChI is InChI=1S/C14H16BrN3/c1-3-16-9-11-6-7-17-14(18-11)12-5-4-10(2)8-13(12)15/h4-8,16H,3,9H2,1-2H3. The van der Waals surface area contributed by atoms with Crippen LogP contribution in [0.5, 0.6) is 0 Å². The fourth-order valence-corrected chi connectivity index (χ4v) is 2.35. The first-order valence-electron chi connectivity index (χ1n) is 6.00. The first-order valence-corrected chi connectivity index (χ1v) is 6.79. The van der Waals surface area contributed by atoms with Crippen molar-refractivity contribution < 1.29 is 0 Å². The van der Waals surface area contributed by atoms with E-state index in [1.807, 2.05) is 12.1 Å². The minimum Gasteiger partial charge on any atom is -0.311 e.